The zero-order valence-corrected chi connectivity index (χ0v) is 25.2. The quantitative estimate of drug-likeness (QED) is 0.314. The predicted molar refractivity (Wildman–Crippen MR) is 147 cm³/mol. The summed E-state index contributed by atoms with van der Waals surface area (Å²) < 4.78 is 5.34. The Labute approximate surface area is 229 Å². The smallest absolute Gasteiger partial charge is 0.303 e. The molecule has 216 valence electrons. The average Bonchev–Trinajstić information content (AvgIpc) is 3.12. The SMILES string of the molecule is CC(=O)O[C@@H]([C@@H](O)C[C@@H](C)C1=C2C[C@H](O)[C@H]3[C@@]4(C)CCC(=O)C(C)(C)C4CC[C@]3(C)[C@@]2(C)CC1)C(C)(C)O. The first kappa shape index (κ1) is 29.7. The number of ether oxygens (including phenoxy) is 1. The molecule has 6 heteroatoms. The molecule has 0 aromatic rings. The highest BCUT2D eigenvalue weighted by atomic mass is 16.6. The zero-order valence-electron chi connectivity index (χ0n) is 25.2. The van der Waals surface area contributed by atoms with Gasteiger partial charge in [-0.1, -0.05) is 52.7 Å². The minimum absolute atomic E-state index is 0.0349. The van der Waals surface area contributed by atoms with Crippen molar-refractivity contribution in [2.24, 2.45) is 39.4 Å². The van der Waals surface area contributed by atoms with Crippen molar-refractivity contribution in [1.82, 2.24) is 0 Å². The van der Waals surface area contributed by atoms with Crippen LogP contribution in [0, 0.1) is 39.4 Å². The number of ketones is 1. The van der Waals surface area contributed by atoms with Crippen molar-refractivity contribution in [1.29, 1.82) is 0 Å². The van der Waals surface area contributed by atoms with Crippen LogP contribution in [0.2, 0.25) is 0 Å². The molecule has 3 saturated carbocycles. The second-order valence-corrected chi connectivity index (χ2v) is 15.1. The molecule has 3 N–H and O–H groups in total. The van der Waals surface area contributed by atoms with E-state index < -0.39 is 29.9 Å². The number of rotatable bonds is 6. The molecule has 3 fully saturated rings. The van der Waals surface area contributed by atoms with Gasteiger partial charge in [0.2, 0.25) is 0 Å². The molecule has 4 aliphatic rings. The molecule has 0 bridgehead atoms. The van der Waals surface area contributed by atoms with Crippen LogP contribution in [0.15, 0.2) is 11.1 Å². The third-order valence-electron chi connectivity index (χ3n) is 12.2. The number of fused-ring (bicyclic) bond motifs is 5. The lowest BCUT2D eigenvalue weighted by molar-refractivity contribution is -0.208. The highest BCUT2D eigenvalue weighted by Crippen LogP contribution is 2.74. The third-order valence-corrected chi connectivity index (χ3v) is 12.2. The maximum atomic E-state index is 12.9. The first-order valence-electron chi connectivity index (χ1n) is 14.8. The summed E-state index contributed by atoms with van der Waals surface area (Å²) in [6.07, 6.45) is 3.98. The van der Waals surface area contributed by atoms with Gasteiger partial charge in [-0.2, -0.15) is 0 Å². The van der Waals surface area contributed by atoms with Gasteiger partial charge >= 0.3 is 5.97 Å². The van der Waals surface area contributed by atoms with Crippen LogP contribution in [0.3, 0.4) is 0 Å². The molecule has 1 unspecified atom stereocenters. The van der Waals surface area contributed by atoms with Gasteiger partial charge in [-0.25, -0.2) is 0 Å². The van der Waals surface area contributed by atoms with E-state index in [2.05, 4.69) is 41.5 Å². The van der Waals surface area contributed by atoms with Crippen molar-refractivity contribution in [3.05, 3.63) is 11.1 Å². The van der Waals surface area contributed by atoms with Gasteiger partial charge in [-0.05, 0) is 92.8 Å². The molecule has 6 nitrogen and oxygen atoms in total. The summed E-state index contributed by atoms with van der Waals surface area (Å²) in [5.41, 5.74) is 0.754. The van der Waals surface area contributed by atoms with Gasteiger partial charge in [0.25, 0.3) is 0 Å². The number of carbonyl (C=O) groups excluding carboxylic acids is 2. The first-order valence-corrected chi connectivity index (χ1v) is 14.8. The predicted octanol–water partition coefficient (Wildman–Crippen LogP) is 5.37. The van der Waals surface area contributed by atoms with Crippen molar-refractivity contribution in [2.45, 2.75) is 138 Å². The van der Waals surface area contributed by atoms with E-state index in [0.717, 1.165) is 32.1 Å². The van der Waals surface area contributed by atoms with Crippen LogP contribution in [0.25, 0.3) is 0 Å². The summed E-state index contributed by atoms with van der Waals surface area (Å²) in [6, 6.07) is 0. The summed E-state index contributed by atoms with van der Waals surface area (Å²) in [4.78, 5) is 24.6. The van der Waals surface area contributed by atoms with Gasteiger partial charge in [0.15, 0.2) is 6.10 Å². The second-order valence-electron chi connectivity index (χ2n) is 15.1. The molecule has 0 amide bonds. The molecule has 4 aliphatic carbocycles. The van der Waals surface area contributed by atoms with Crippen LogP contribution in [-0.4, -0.2) is 51.0 Å². The first-order chi connectivity index (χ1) is 17.3. The summed E-state index contributed by atoms with van der Waals surface area (Å²) in [6.45, 7) is 17.9. The minimum atomic E-state index is -1.36. The van der Waals surface area contributed by atoms with Crippen molar-refractivity contribution in [3.63, 3.8) is 0 Å². The number of aliphatic hydroxyl groups excluding tert-OH is 2. The standard InChI is InChI=1S/C32H52O6/c1-18(16-23(35)27(29(5,6)37)38-19(2)33)20-10-14-31(8)21(20)17-22(34)26-30(7)13-12-25(36)28(3,4)24(30)11-15-32(26,31)9/h18,22-24,26-27,34-35,37H,10-17H2,1-9H3/t18-,22+,23+,24?,26+,27+,30+,31+,32+/m1/s1. The topological polar surface area (TPSA) is 104 Å². The highest BCUT2D eigenvalue weighted by Gasteiger charge is 2.69. The number of hydrogen-bond acceptors (Lipinski definition) is 6. The van der Waals surface area contributed by atoms with Crippen molar-refractivity contribution < 1.29 is 29.6 Å². The molecule has 38 heavy (non-hydrogen) atoms. The van der Waals surface area contributed by atoms with Gasteiger partial charge in [0, 0.05) is 18.8 Å². The van der Waals surface area contributed by atoms with Crippen LogP contribution < -0.4 is 0 Å². The molecule has 0 saturated heterocycles. The molecule has 0 aromatic heterocycles. The summed E-state index contributed by atoms with van der Waals surface area (Å²) in [7, 11) is 0. The van der Waals surface area contributed by atoms with Crippen molar-refractivity contribution in [3.8, 4) is 0 Å². The van der Waals surface area contributed by atoms with Gasteiger partial charge < -0.3 is 20.1 Å². The van der Waals surface area contributed by atoms with Gasteiger partial charge in [-0.15, -0.1) is 0 Å². The lowest BCUT2D eigenvalue weighted by Gasteiger charge is -2.69. The van der Waals surface area contributed by atoms with Crippen LogP contribution in [0.5, 0.6) is 0 Å². The van der Waals surface area contributed by atoms with Gasteiger partial charge in [-0.3, -0.25) is 9.59 Å². The highest BCUT2D eigenvalue weighted by molar-refractivity contribution is 5.85. The Morgan fingerprint density at radius 1 is 1.11 bits per heavy atom. The Hall–Kier alpha value is -1.24. The lowest BCUT2D eigenvalue weighted by atomic mass is 9.36. The fraction of sp³-hybridized carbons (Fsp3) is 0.875. The van der Waals surface area contributed by atoms with Crippen LogP contribution in [0.1, 0.15) is 114 Å². The number of hydrogen-bond donors (Lipinski definition) is 3. The van der Waals surface area contributed by atoms with E-state index in [1.165, 1.54) is 18.1 Å². The molecular weight excluding hydrogens is 480 g/mol. The number of esters is 1. The average molecular weight is 533 g/mol. The molecule has 0 radical (unpaired) electrons. The lowest BCUT2D eigenvalue weighted by Crippen LogP contribution is -2.65. The molecule has 0 aromatic carbocycles. The van der Waals surface area contributed by atoms with Crippen molar-refractivity contribution >= 4 is 11.8 Å². The Morgan fingerprint density at radius 2 is 1.74 bits per heavy atom. The molecule has 9 atom stereocenters. The minimum Gasteiger partial charge on any atom is -0.457 e. The summed E-state index contributed by atoms with van der Waals surface area (Å²) in [5.74, 6) is 0.305. The number of Topliss-reactive ketones (excluding diaryl/α,β-unsaturated/α-hetero) is 1. The van der Waals surface area contributed by atoms with Crippen LogP contribution in [-0.2, 0) is 14.3 Å². The van der Waals surface area contributed by atoms with E-state index in [1.807, 2.05) is 0 Å². The van der Waals surface area contributed by atoms with Crippen molar-refractivity contribution in [2.75, 3.05) is 0 Å². The number of carbonyl (C=O) groups is 2. The van der Waals surface area contributed by atoms with Gasteiger partial charge in [0.05, 0.1) is 17.8 Å². The number of aliphatic hydroxyl groups is 3. The van der Waals surface area contributed by atoms with Crippen LogP contribution >= 0.6 is 0 Å². The second kappa shape index (κ2) is 9.41. The normalized spacial score (nSPS) is 41.1. The van der Waals surface area contributed by atoms with E-state index >= 15 is 0 Å². The van der Waals surface area contributed by atoms with E-state index in [0.29, 0.717) is 25.0 Å². The summed E-state index contributed by atoms with van der Waals surface area (Å²) >= 11 is 0. The third kappa shape index (κ3) is 4.32. The summed E-state index contributed by atoms with van der Waals surface area (Å²) in [5, 5.41) is 33.5. The van der Waals surface area contributed by atoms with E-state index in [1.54, 1.807) is 13.8 Å². The Bertz CT molecular complexity index is 1010. The molecule has 4 rings (SSSR count). The maximum Gasteiger partial charge on any atom is 0.303 e. The van der Waals surface area contributed by atoms with E-state index in [9.17, 15) is 24.9 Å². The Morgan fingerprint density at radius 3 is 2.32 bits per heavy atom. The molecular formula is C32H52O6. The largest absolute Gasteiger partial charge is 0.457 e. The fourth-order valence-electron chi connectivity index (χ4n) is 10.2. The fourth-order valence-corrected chi connectivity index (χ4v) is 10.2. The maximum absolute atomic E-state index is 12.9. The molecule has 0 heterocycles. The molecule has 0 aliphatic heterocycles. The Balaban J connectivity index is 1.66. The van der Waals surface area contributed by atoms with E-state index in [-0.39, 0.29) is 39.4 Å². The number of allylic oxidation sites excluding steroid dienone is 1. The van der Waals surface area contributed by atoms with Crippen LogP contribution in [0.4, 0.5) is 0 Å². The monoisotopic (exact) mass is 532 g/mol. The zero-order chi connectivity index (χ0) is 28.6. The van der Waals surface area contributed by atoms with E-state index in [4.69, 9.17) is 4.74 Å². The Kier molecular flexibility index (Phi) is 7.36. The van der Waals surface area contributed by atoms with Gasteiger partial charge in [0.1, 0.15) is 5.78 Å². The molecule has 0 spiro atoms.